The van der Waals surface area contributed by atoms with Crippen molar-refractivity contribution in [2.45, 2.75) is 58.5 Å². The van der Waals surface area contributed by atoms with Crippen molar-refractivity contribution >= 4 is 0 Å². The Hall–Kier alpha value is -0.820. The lowest BCUT2D eigenvalue weighted by Gasteiger charge is -2.24. The SMILES string of the molecule is CCC1CCCC1N[C@@H](C)c1ccc(C)cc1. The van der Waals surface area contributed by atoms with Gasteiger partial charge < -0.3 is 5.32 Å². The van der Waals surface area contributed by atoms with Crippen LogP contribution in [0.1, 0.15) is 56.7 Å². The van der Waals surface area contributed by atoms with Gasteiger partial charge in [0.15, 0.2) is 0 Å². The third-order valence-electron chi connectivity index (χ3n) is 4.22. The summed E-state index contributed by atoms with van der Waals surface area (Å²) in [5.41, 5.74) is 2.76. The van der Waals surface area contributed by atoms with Crippen molar-refractivity contribution < 1.29 is 0 Å². The Morgan fingerprint density at radius 2 is 1.94 bits per heavy atom. The van der Waals surface area contributed by atoms with E-state index in [2.05, 4.69) is 50.4 Å². The predicted octanol–water partition coefficient (Wildman–Crippen LogP) is 4.22. The summed E-state index contributed by atoms with van der Waals surface area (Å²) in [7, 11) is 0. The summed E-state index contributed by atoms with van der Waals surface area (Å²) >= 11 is 0. The van der Waals surface area contributed by atoms with E-state index in [-0.39, 0.29) is 0 Å². The molecule has 0 aromatic heterocycles. The van der Waals surface area contributed by atoms with E-state index in [1.807, 2.05) is 0 Å². The molecular weight excluding hydrogens is 206 g/mol. The van der Waals surface area contributed by atoms with Crippen LogP contribution in [-0.4, -0.2) is 6.04 Å². The molecule has 1 nitrogen and oxygen atoms in total. The molecule has 0 heterocycles. The Labute approximate surface area is 106 Å². The third kappa shape index (κ3) is 3.10. The Morgan fingerprint density at radius 1 is 1.24 bits per heavy atom. The molecule has 3 atom stereocenters. The van der Waals surface area contributed by atoms with Gasteiger partial charge in [0.05, 0.1) is 0 Å². The van der Waals surface area contributed by atoms with E-state index in [9.17, 15) is 0 Å². The van der Waals surface area contributed by atoms with Crippen LogP contribution < -0.4 is 5.32 Å². The summed E-state index contributed by atoms with van der Waals surface area (Å²) in [5, 5.41) is 3.82. The molecule has 17 heavy (non-hydrogen) atoms. The van der Waals surface area contributed by atoms with Crippen molar-refractivity contribution in [1.82, 2.24) is 5.32 Å². The van der Waals surface area contributed by atoms with E-state index in [1.54, 1.807) is 0 Å². The molecule has 0 spiro atoms. The lowest BCUT2D eigenvalue weighted by atomic mass is 9.98. The van der Waals surface area contributed by atoms with Gasteiger partial charge in [-0.25, -0.2) is 0 Å². The second-order valence-electron chi connectivity index (χ2n) is 5.50. The molecule has 1 aromatic carbocycles. The van der Waals surface area contributed by atoms with Crippen LogP contribution in [0.2, 0.25) is 0 Å². The van der Waals surface area contributed by atoms with Gasteiger partial charge in [-0.2, -0.15) is 0 Å². The highest BCUT2D eigenvalue weighted by Crippen LogP contribution is 2.30. The van der Waals surface area contributed by atoms with Gasteiger partial charge in [0, 0.05) is 12.1 Å². The Morgan fingerprint density at radius 3 is 2.59 bits per heavy atom. The first-order valence-corrected chi connectivity index (χ1v) is 7.03. The van der Waals surface area contributed by atoms with Gasteiger partial charge in [-0.3, -0.25) is 0 Å². The maximum absolute atomic E-state index is 3.82. The van der Waals surface area contributed by atoms with Gasteiger partial charge in [-0.05, 0) is 38.2 Å². The van der Waals surface area contributed by atoms with E-state index < -0.39 is 0 Å². The van der Waals surface area contributed by atoms with Gasteiger partial charge in [0.25, 0.3) is 0 Å². The molecule has 1 heteroatoms. The molecule has 0 amide bonds. The van der Waals surface area contributed by atoms with Crippen molar-refractivity contribution in [2.24, 2.45) is 5.92 Å². The second kappa shape index (κ2) is 5.68. The number of hydrogen-bond donors (Lipinski definition) is 1. The standard InChI is InChI=1S/C16H25N/c1-4-14-6-5-7-16(14)17-13(3)15-10-8-12(2)9-11-15/h8-11,13-14,16-17H,4-7H2,1-3H3/t13-,14?,16?/m0/s1. The minimum atomic E-state index is 0.479. The zero-order valence-corrected chi connectivity index (χ0v) is 11.4. The fourth-order valence-corrected chi connectivity index (χ4v) is 3.02. The Kier molecular flexibility index (Phi) is 4.22. The molecule has 2 rings (SSSR count). The van der Waals surface area contributed by atoms with Crippen molar-refractivity contribution in [2.75, 3.05) is 0 Å². The summed E-state index contributed by atoms with van der Waals surface area (Å²) in [6, 6.07) is 10.1. The Balaban J connectivity index is 1.96. The maximum atomic E-state index is 3.82. The van der Waals surface area contributed by atoms with Crippen LogP contribution in [0.5, 0.6) is 0 Å². The quantitative estimate of drug-likeness (QED) is 0.818. The van der Waals surface area contributed by atoms with Crippen molar-refractivity contribution in [3.63, 3.8) is 0 Å². The van der Waals surface area contributed by atoms with Gasteiger partial charge in [-0.15, -0.1) is 0 Å². The number of hydrogen-bond acceptors (Lipinski definition) is 1. The largest absolute Gasteiger partial charge is 0.307 e. The molecule has 1 aliphatic carbocycles. The normalized spacial score (nSPS) is 26.1. The molecular formula is C16H25N. The summed E-state index contributed by atoms with van der Waals surface area (Å²) in [6.45, 7) is 6.75. The minimum absolute atomic E-state index is 0.479. The average Bonchev–Trinajstić information content (AvgIpc) is 2.77. The van der Waals surface area contributed by atoms with E-state index in [0.717, 1.165) is 12.0 Å². The maximum Gasteiger partial charge on any atom is 0.0294 e. The molecule has 94 valence electrons. The molecule has 1 aromatic rings. The molecule has 0 bridgehead atoms. The molecule has 1 saturated carbocycles. The lowest BCUT2D eigenvalue weighted by Crippen LogP contribution is -2.34. The van der Waals surface area contributed by atoms with Gasteiger partial charge in [0.1, 0.15) is 0 Å². The highest BCUT2D eigenvalue weighted by molar-refractivity contribution is 5.23. The fraction of sp³-hybridized carbons (Fsp3) is 0.625. The second-order valence-corrected chi connectivity index (χ2v) is 5.50. The molecule has 2 unspecified atom stereocenters. The monoisotopic (exact) mass is 231 g/mol. The number of benzene rings is 1. The predicted molar refractivity (Wildman–Crippen MR) is 74.1 cm³/mol. The fourth-order valence-electron chi connectivity index (χ4n) is 3.02. The molecule has 1 aliphatic rings. The van der Waals surface area contributed by atoms with Crippen LogP contribution in [-0.2, 0) is 0 Å². The van der Waals surface area contributed by atoms with Crippen LogP contribution >= 0.6 is 0 Å². The van der Waals surface area contributed by atoms with Gasteiger partial charge >= 0.3 is 0 Å². The van der Waals surface area contributed by atoms with Crippen molar-refractivity contribution in [1.29, 1.82) is 0 Å². The molecule has 0 radical (unpaired) electrons. The first kappa shape index (κ1) is 12.6. The third-order valence-corrected chi connectivity index (χ3v) is 4.22. The van der Waals surface area contributed by atoms with E-state index in [4.69, 9.17) is 0 Å². The van der Waals surface area contributed by atoms with Crippen LogP contribution in [0, 0.1) is 12.8 Å². The van der Waals surface area contributed by atoms with Crippen LogP contribution in [0.25, 0.3) is 0 Å². The first-order chi connectivity index (χ1) is 8.20. The first-order valence-electron chi connectivity index (χ1n) is 7.03. The van der Waals surface area contributed by atoms with Crippen LogP contribution in [0.15, 0.2) is 24.3 Å². The molecule has 0 saturated heterocycles. The zero-order chi connectivity index (χ0) is 12.3. The average molecular weight is 231 g/mol. The summed E-state index contributed by atoms with van der Waals surface area (Å²) in [6.07, 6.45) is 5.48. The smallest absolute Gasteiger partial charge is 0.0294 e. The summed E-state index contributed by atoms with van der Waals surface area (Å²) < 4.78 is 0. The number of aryl methyl sites for hydroxylation is 1. The highest BCUT2D eigenvalue weighted by atomic mass is 15.0. The van der Waals surface area contributed by atoms with Crippen molar-refractivity contribution in [3.8, 4) is 0 Å². The van der Waals surface area contributed by atoms with Crippen LogP contribution in [0.3, 0.4) is 0 Å². The van der Waals surface area contributed by atoms with Gasteiger partial charge in [0.2, 0.25) is 0 Å². The molecule has 1 N–H and O–H groups in total. The number of rotatable bonds is 4. The van der Waals surface area contributed by atoms with E-state index in [1.165, 1.54) is 36.8 Å². The van der Waals surface area contributed by atoms with Crippen LogP contribution in [0.4, 0.5) is 0 Å². The zero-order valence-electron chi connectivity index (χ0n) is 11.4. The lowest BCUT2D eigenvalue weighted by molar-refractivity contribution is 0.360. The summed E-state index contributed by atoms with van der Waals surface area (Å²) in [4.78, 5) is 0. The Bertz CT molecular complexity index is 341. The topological polar surface area (TPSA) is 12.0 Å². The minimum Gasteiger partial charge on any atom is -0.307 e. The van der Waals surface area contributed by atoms with E-state index in [0.29, 0.717) is 6.04 Å². The summed E-state index contributed by atoms with van der Waals surface area (Å²) in [5.74, 6) is 0.892. The van der Waals surface area contributed by atoms with E-state index >= 15 is 0 Å². The number of nitrogens with one attached hydrogen (secondary N) is 1. The van der Waals surface area contributed by atoms with Crippen molar-refractivity contribution in [3.05, 3.63) is 35.4 Å². The van der Waals surface area contributed by atoms with Gasteiger partial charge in [-0.1, -0.05) is 49.6 Å². The highest BCUT2D eigenvalue weighted by Gasteiger charge is 2.26. The molecule has 0 aliphatic heterocycles. The molecule has 1 fully saturated rings.